The first-order chi connectivity index (χ1) is 13.7. The van der Waals surface area contributed by atoms with Crippen molar-refractivity contribution in [3.05, 3.63) is 92.6 Å². The molecule has 0 aliphatic rings. The first-order valence-corrected chi connectivity index (χ1v) is 10.0. The van der Waals surface area contributed by atoms with E-state index in [2.05, 4.69) is 24.4 Å². The number of nitrogens with zero attached hydrogens (tertiary/aromatic N) is 1. The van der Waals surface area contributed by atoms with Gasteiger partial charge in [-0.25, -0.2) is 4.79 Å². The third-order valence-electron chi connectivity index (χ3n) is 4.73. The van der Waals surface area contributed by atoms with Crippen molar-refractivity contribution in [1.82, 2.24) is 9.88 Å². The van der Waals surface area contributed by atoms with Crippen molar-refractivity contribution in [2.45, 2.75) is 25.9 Å². The molecule has 1 N–H and O–H groups in total. The molecule has 0 aliphatic heterocycles. The zero-order valence-electron chi connectivity index (χ0n) is 15.4. The number of carbonyl (C=O) groups is 1. The average molecular weight is 392 g/mol. The van der Waals surface area contributed by atoms with Gasteiger partial charge in [0.05, 0.1) is 11.6 Å². The zero-order valence-corrected chi connectivity index (χ0v) is 16.2. The third kappa shape index (κ3) is 3.64. The fraction of sp³-hybridized carbons (Fsp3) is 0.182. The van der Waals surface area contributed by atoms with Gasteiger partial charge in [-0.15, -0.1) is 11.3 Å². The summed E-state index contributed by atoms with van der Waals surface area (Å²) in [5.74, 6) is -0.775. The number of benzene rings is 2. The van der Waals surface area contributed by atoms with E-state index in [9.17, 15) is 9.59 Å². The van der Waals surface area contributed by atoms with Gasteiger partial charge in [0.15, 0.2) is 5.58 Å². The summed E-state index contributed by atoms with van der Waals surface area (Å²) in [6.07, 6.45) is 0.965. The first kappa shape index (κ1) is 18.3. The van der Waals surface area contributed by atoms with Crippen LogP contribution in [0.4, 0.5) is 0 Å². The van der Waals surface area contributed by atoms with Crippen molar-refractivity contribution in [2.24, 2.45) is 0 Å². The highest BCUT2D eigenvalue weighted by Gasteiger charge is 2.20. The molecule has 0 fully saturated rings. The van der Waals surface area contributed by atoms with Gasteiger partial charge in [-0.1, -0.05) is 49.4 Å². The normalized spacial score (nSPS) is 12.2. The summed E-state index contributed by atoms with van der Waals surface area (Å²) in [6, 6.07) is 19.1. The molecule has 4 rings (SSSR count). The van der Waals surface area contributed by atoms with Crippen LogP contribution in [0.25, 0.3) is 11.1 Å². The summed E-state index contributed by atoms with van der Waals surface area (Å²) in [5.41, 5.74) is 3.35. The lowest BCUT2D eigenvalue weighted by atomic mass is 10.0. The number of amides is 1. The fourth-order valence-electron chi connectivity index (χ4n) is 3.23. The summed E-state index contributed by atoms with van der Waals surface area (Å²) < 4.78 is 6.57. The van der Waals surface area contributed by atoms with E-state index in [1.807, 2.05) is 35.7 Å². The number of aromatic nitrogens is 1. The van der Waals surface area contributed by atoms with Crippen LogP contribution in [-0.4, -0.2) is 10.5 Å². The van der Waals surface area contributed by atoms with Crippen molar-refractivity contribution < 1.29 is 9.21 Å². The van der Waals surface area contributed by atoms with Crippen LogP contribution in [0.3, 0.4) is 0 Å². The predicted octanol–water partition coefficient (Wildman–Crippen LogP) is 4.12. The Hall–Kier alpha value is -3.12. The maximum absolute atomic E-state index is 12.8. The molecule has 2 aromatic carbocycles. The summed E-state index contributed by atoms with van der Waals surface area (Å²) in [6.45, 7) is 2.02. The van der Waals surface area contributed by atoms with Crippen LogP contribution >= 0.6 is 11.3 Å². The van der Waals surface area contributed by atoms with Gasteiger partial charge in [0, 0.05) is 4.88 Å². The molecule has 142 valence electrons. The highest BCUT2D eigenvalue weighted by molar-refractivity contribution is 7.10. The number of para-hydroxylation sites is 2. The van der Waals surface area contributed by atoms with E-state index in [0.717, 1.165) is 16.9 Å². The summed E-state index contributed by atoms with van der Waals surface area (Å²) in [5, 5.41) is 5.06. The Morgan fingerprint density at radius 1 is 1.11 bits per heavy atom. The van der Waals surface area contributed by atoms with Crippen LogP contribution in [-0.2, 0) is 17.8 Å². The second-order valence-electron chi connectivity index (χ2n) is 6.53. The number of carbonyl (C=O) groups excluding carboxylic acids is 1. The van der Waals surface area contributed by atoms with E-state index in [0.29, 0.717) is 11.1 Å². The minimum atomic E-state index is -0.531. The smallest absolute Gasteiger partial charge is 0.408 e. The number of rotatable bonds is 6. The van der Waals surface area contributed by atoms with Crippen molar-refractivity contribution >= 4 is 28.3 Å². The molecule has 0 aliphatic carbocycles. The molecule has 1 atom stereocenters. The van der Waals surface area contributed by atoms with Crippen LogP contribution in [0.5, 0.6) is 0 Å². The molecule has 1 unspecified atom stereocenters. The van der Waals surface area contributed by atoms with Crippen LogP contribution < -0.4 is 11.1 Å². The standard InChI is InChI=1S/C22H20N2O3S/c1-2-15-9-11-16(12-10-15)21(19-8-5-13-28-19)23-20(25)14-24-17-6-3-4-7-18(17)27-22(24)26/h3-13,21H,2,14H2,1H3,(H,23,25). The largest absolute Gasteiger partial charge is 0.420 e. The minimum Gasteiger partial charge on any atom is -0.408 e. The first-order valence-electron chi connectivity index (χ1n) is 9.15. The highest BCUT2D eigenvalue weighted by atomic mass is 32.1. The molecule has 5 nitrogen and oxygen atoms in total. The van der Waals surface area contributed by atoms with Gasteiger partial charge in [0.1, 0.15) is 6.54 Å². The van der Waals surface area contributed by atoms with E-state index in [4.69, 9.17) is 4.42 Å². The van der Waals surface area contributed by atoms with E-state index in [1.54, 1.807) is 29.5 Å². The highest BCUT2D eigenvalue weighted by Crippen LogP contribution is 2.26. The Bertz CT molecular complexity index is 1140. The molecule has 1 amide bonds. The Morgan fingerprint density at radius 3 is 2.61 bits per heavy atom. The molecule has 0 saturated carbocycles. The van der Waals surface area contributed by atoms with Crippen LogP contribution in [0.15, 0.2) is 75.3 Å². The Labute approximate surface area is 166 Å². The van der Waals surface area contributed by atoms with Crippen LogP contribution in [0.2, 0.25) is 0 Å². The summed E-state index contributed by atoms with van der Waals surface area (Å²) in [7, 11) is 0. The molecule has 4 aromatic rings. The molecule has 0 bridgehead atoms. The molecule has 0 saturated heterocycles. The second kappa shape index (κ2) is 7.86. The fourth-order valence-corrected chi connectivity index (χ4v) is 4.04. The van der Waals surface area contributed by atoms with Crippen LogP contribution in [0, 0.1) is 0 Å². The number of hydrogen-bond donors (Lipinski definition) is 1. The predicted molar refractivity (Wildman–Crippen MR) is 111 cm³/mol. The van der Waals surface area contributed by atoms with Gasteiger partial charge >= 0.3 is 5.76 Å². The Balaban J connectivity index is 1.60. The quantitative estimate of drug-likeness (QED) is 0.537. The SMILES string of the molecule is CCc1ccc(C(NC(=O)Cn2c(=O)oc3ccccc32)c2cccs2)cc1. The van der Waals surface area contributed by atoms with Gasteiger partial charge in [-0.05, 0) is 41.1 Å². The summed E-state index contributed by atoms with van der Waals surface area (Å²) in [4.78, 5) is 26.0. The number of nitrogens with one attached hydrogen (secondary N) is 1. The average Bonchev–Trinajstić information content (AvgIpc) is 3.35. The molecule has 6 heteroatoms. The minimum absolute atomic E-state index is 0.0925. The molecule has 0 radical (unpaired) electrons. The van der Waals surface area contributed by atoms with Gasteiger partial charge in [0.25, 0.3) is 0 Å². The molecular formula is C22H20N2O3S. The van der Waals surface area contributed by atoms with Crippen molar-refractivity contribution in [3.8, 4) is 0 Å². The number of thiophene rings is 1. The zero-order chi connectivity index (χ0) is 19.5. The van der Waals surface area contributed by atoms with Gasteiger partial charge in [0.2, 0.25) is 5.91 Å². The lowest BCUT2D eigenvalue weighted by molar-refractivity contribution is -0.122. The number of oxazole rings is 1. The van der Waals surface area contributed by atoms with Crippen LogP contribution in [0.1, 0.15) is 29.0 Å². The van der Waals surface area contributed by atoms with Crippen molar-refractivity contribution in [2.75, 3.05) is 0 Å². The molecule has 28 heavy (non-hydrogen) atoms. The molecule has 2 aromatic heterocycles. The van der Waals surface area contributed by atoms with Gasteiger partial charge in [-0.2, -0.15) is 0 Å². The maximum Gasteiger partial charge on any atom is 0.420 e. The summed E-state index contributed by atoms with van der Waals surface area (Å²) >= 11 is 1.59. The number of hydrogen-bond acceptors (Lipinski definition) is 4. The van der Waals surface area contributed by atoms with Gasteiger partial charge in [-0.3, -0.25) is 9.36 Å². The van der Waals surface area contributed by atoms with E-state index in [1.165, 1.54) is 10.1 Å². The lowest BCUT2D eigenvalue weighted by Gasteiger charge is -2.18. The Kier molecular flexibility index (Phi) is 5.12. The lowest BCUT2D eigenvalue weighted by Crippen LogP contribution is -2.34. The van der Waals surface area contributed by atoms with E-state index >= 15 is 0 Å². The maximum atomic E-state index is 12.8. The van der Waals surface area contributed by atoms with Crippen molar-refractivity contribution in [1.29, 1.82) is 0 Å². The van der Waals surface area contributed by atoms with Crippen molar-refractivity contribution in [3.63, 3.8) is 0 Å². The molecule has 2 heterocycles. The topological polar surface area (TPSA) is 64.2 Å². The van der Waals surface area contributed by atoms with Gasteiger partial charge < -0.3 is 9.73 Å². The second-order valence-corrected chi connectivity index (χ2v) is 7.51. The Morgan fingerprint density at radius 2 is 1.89 bits per heavy atom. The molecule has 0 spiro atoms. The number of aryl methyl sites for hydroxylation is 1. The third-order valence-corrected chi connectivity index (χ3v) is 5.67. The monoisotopic (exact) mass is 392 g/mol. The van der Waals surface area contributed by atoms with E-state index < -0.39 is 5.76 Å². The van der Waals surface area contributed by atoms with E-state index in [-0.39, 0.29) is 18.5 Å². The molecular weight excluding hydrogens is 372 g/mol. The number of fused-ring (bicyclic) bond motifs is 1.